The highest BCUT2D eigenvalue weighted by Gasteiger charge is 2.49. The van der Waals surface area contributed by atoms with Gasteiger partial charge in [-0.25, -0.2) is 28.7 Å². The molecule has 4 aromatic carbocycles. The van der Waals surface area contributed by atoms with Crippen LogP contribution >= 0.6 is 46.4 Å². The Hall–Kier alpha value is -11.6. The lowest BCUT2D eigenvalue weighted by atomic mass is 9.86. The number of pyridine rings is 4. The molecular weight excluding hydrogens is 1730 g/mol. The van der Waals surface area contributed by atoms with Crippen LogP contribution in [-0.2, 0) is 40.8 Å². The maximum atomic E-state index is 14.1. The predicted molar refractivity (Wildman–Crippen MR) is 499 cm³/mol. The molecule has 1 N–H and O–H groups in total. The maximum absolute atomic E-state index is 14.1. The van der Waals surface area contributed by atoms with Crippen molar-refractivity contribution in [3.8, 4) is 45.0 Å². The van der Waals surface area contributed by atoms with Gasteiger partial charge in [0.2, 0.25) is 23.6 Å². The number of rotatable bonds is 8. The zero-order chi connectivity index (χ0) is 94.6. The monoisotopic (exact) mass is 1830 g/mol. The van der Waals surface area contributed by atoms with E-state index in [4.69, 9.17) is 74.0 Å². The van der Waals surface area contributed by atoms with Crippen LogP contribution in [0, 0.1) is 11.6 Å². The summed E-state index contributed by atoms with van der Waals surface area (Å²) in [6, 6.07) is 38.3. The zero-order valence-electron chi connectivity index (χ0n) is 76.9. The molecular formula is C99H108Cl4F2N12O12. The molecule has 0 radical (unpaired) electrons. The number of benzene rings is 4. The minimum atomic E-state index is -0.991. The van der Waals surface area contributed by atoms with Crippen molar-refractivity contribution in [3.63, 3.8) is 0 Å². The van der Waals surface area contributed by atoms with Crippen LogP contribution in [-0.4, -0.2) is 197 Å². The van der Waals surface area contributed by atoms with E-state index in [0.717, 1.165) is 44.8 Å². The van der Waals surface area contributed by atoms with Crippen LogP contribution in [0.2, 0.25) is 20.1 Å². The van der Waals surface area contributed by atoms with Crippen molar-refractivity contribution >= 4 is 138 Å². The zero-order valence-corrected chi connectivity index (χ0v) is 80.0. The van der Waals surface area contributed by atoms with Crippen molar-refractivity contribution in [2.45, 2.75) is 182 Å². The van der Waals surface area contributed by atoms with Gasteiger partial charge in [-0.2, -0.15) is 0 Å². The summed E-state index contributed by atoms with van der Waals surface area (Å²) in [5.74, 6) is -2.28. The van der Waals surface area contributed by atoms with Gasteiger partial charge in [0, 0.05) is 152 Å². The van der Waals surface area contributed by atoms with E-state index in [-0.39, 0.29) is 102 Å². The Labute approximate surface area is 768 Å². The van der Waals surface area contributed by atoms with Crippen LogP contribution in [0.25, 0.3) is 89.4 Å². The van der Waals surface area contributed by atoms with Crippen molar-refractivity contribution in [1.29, 1.82) is 0 Å². The van der Waals surface area contributed by atoms with E-state index in [1.165, 1.54) is 24.3 Å². The number of amides is 8. The molecule has 4 aliphatic rings. The van der Waals surface area contributed by atoms with Gasteiger partial charge in [-0.3, -0.25) is 38.4 Å². The quantitative estimate of drug-likeness (QED) is 0.148. The smallest absolute Gasteiger partial charge is 0.290 e. The molecule has 12 aromatic rings. The molecule has 8 amide bonds. The van der Waals surface area contributed by atoms with Gasteiger partial charge in [0.25, 0.3) is 23.6 Å². The highest BCUT2D eigenvalue weighted by atomic mass is 35.5. The number of hydrogen-bond donors (Lipinski definition) is 1. The van der Waals surface area contributed by atoms with E-state index in [2.05, 4.69) is 56.8 Å². The van der Waals surface area contributed by atoms with Gasteiger partial charge in [-0.1, -0.05) is 160 Å². The number of aromatic nitrogens is 4. The van der Waals surface area contributed by atoms with Crippen molar-refractivity contribution < 1.29 is 64.8 Å². The highest BCUT2D eigenvalue weighted by Crippen LogP contribution is 2.43. The Bertz CT molecular complexity index is 6320. The number of nitrogens with one attached hydrogen (secondary N) is 1. The summed E-state index contributed by atoms with van der Waals surface area (Å²) in [5, 5.41) is 4.12. The molecule has 129 heavy (non-hydrogen) atoms. The summed E-state index contributed by atoms with van der Waals surface area (Å²) in [6.45, 7) is 42.2. The number of furan rings is 4. The molecule has 4 saturated heterocycles. The molecule has 678 valence electrons. The average molecular weight is 1840 g/mol. The molecule has 0 saturated carbocycles. The number of carbonyl (C=O) groups excluding carboxylic acids is 8. The second-order valence-electron chi connectivity index (χ2n) is 39.3. The standard InChI is InChI=1S/2C25H27ClFN3O3.C25H28ClN3O3.C24H26ClN3O3/c1-24(2,3)15-12-18(14-7-8-17(27)16(26)11-14)28-19-13-20(33-21(15)19)22(31)30-10-9-29(6)23(32)25(30,4)5;1-24(2,3)15-12-18(14-7-8-16(26)17(27)11-14)28-19-13-20(33-21(15)19)22(31)30-10-9-29(6)23(32)25(30,4)5;1-24(2,3)17-13-18(15-8-7-9-16(26)12-15)27-19-14-20(32-21(17)19)22(30)29-11-10-28(6)23(31)25(29,4)5;1-23(2,3)16-12-17(14-7-6-8-15(25)11-14)27-18-13-19(31-20(16)18)21(29)28-10-9-26-22(30)24(28,4)5/h2*7-8,11-13H,9-10H2,1-6H3;7-9,12-14H,10-11H2,1-6H3;6-8,11-13H,9-10H2,1-5H3,(H,26,30). The van der Waals surface area contributed by atoms with Gasteiger partial charge in [0.15, 0.2) is 45.4 Å². The minimum Gasteiger partial charge on any atom is -0.449 e. The van der Waals surface area contributed by atoms with Crippen LogP contribution in [0.4, 0.5) is 8.78 Å². The lowest BCUT2D eigenvalue weighted by molar-refractivity contribution is -0.145. The number of fused-ring (bicyclic) bond motifs is 4. The van der Waals surface area contributed by atoms with Crippen molar-refractivity contribution in [1.82, 2.24) is 59.6 Å². The Balaban J connectivity index is 0.000000147. The summed E-state index contributed by atoms with van der Waals surface area (Å²) in [5.41, 5.74) is 8.68. The molecule has 12 heterocycles. The van der Waals surface area contributed by atoms with Crippen molar-refractivity contribution in [2.75, 3.05) is 73.5 Å². The molecule has 0 spiro atoms. The van der Waals surface area contributed by atoms with Crippen molar-refractivity contribution in [3.05, 3.63) is 210 Å². The highest BCUT2D eigenvalue weighted by molar-refractivity contribution is 6.32. The van der Waals surface area contributed by atoms with Crippen LogP contribution < -0.4 is 5.32 Å². The molecule has 30 heteroatoms. The summed E-state index contributed by atoms with van der Waals surface area (Å²) in [7, 11) is 5.22. The second-order valence-corrected chi connectivity index (χ2v) is 41.0. The Kier molecular flexibility index (Phi) is 25.8. The third-order valence-corrected chi connectivity index (χ3v) is 25.2. The topological polar surface area (TPSA) is 275 Å². The average Bonchev–Trinajstić information content (AvgIpc) is 1.69. The van der Waals surface area contributed by atoms with E-state index >= 15 is 0 Å². The van der Waals surface area contributed by atoms with Crippen LogP contribution in [0.1, 0.15) is 203 Å². The number of hydrogen-bond acceptors (Lipinski definition) is 16. The molecule has 24 nitrogen and oxygen atoms in total. The van der Waals surface area contributed by atoms with E-state index in [0.29, 0.717) is 129 Å². The van der Waals surface area contributed by atoms with Gasteiger partial charge in [-0.05, 0) is 156 Å². The number of likely N-dealkylation sites (N-methyl/N-ethyl adjacent to an activating group) is 3. The fraction of sp³-hybridized carbons (Fsp3) is 0.394. The van der Waals surface area contributed by atoms with Gasteiger partial charge < -0.3 is 57.3 Å². The number of nitrogens with zero attached hydrogens (tertiary/aromatic N) is 11. The summed E-state index contributed by atoms with van der Waals surface area (Å²) < 4.78 is 52.1. The summed E-state index contributed by atoms with van der Waals surface area (Å²) >= 11 is 24.2. The minimum absolute atomic E-state index is 0.0109. The van der Waals surface area contributed by atoms with Crippen LogP contribution in [0.5, 0.6) is 0 Å². The largest absolute Gasteiger partial charge is 0.449 e. The van der Waals surface area contributed by atoms with Gasteiger partial charge in [0.1, 0.15) is 55.9 Å². The van der Waals surface area contributed by atoms with Gasteiger partial charge in [0.05, 0.1) is 32.8 Å². The molecule has 0 unspecified atom stereocenters. The molecule has 4 fully saturated rings. The van der Waals surface area contributed by atoms with Gasteiger partial charge in [-0.15, -0.1) is 0 Å². The first kappa shape index (κ1) is 95.0. The first-order chi connectivity index (χ1) is 60.0. The first-order valence-corrected chi connectivity index (χ1v) is 44.1. The Morgan fingerprint density at radius 2 is 0.636 bits per heavy atom. The second kappa shape index (κ2) is 35.0. The fourth-order valence-corrected chi connectivity index (χ4v) is 17.1. The number of piperazine rings is 4. The molecule has 4 aliphatic heterocycles. The predicted octanol–water partition coefficient (Wildman–Crippen LogP) is 20.5. The van der Waals surface area contributed by atoms with E-state index in [1.54, 1.807) is 147 Å². The third-order valence-electron chi connectivity index (χ3n) is 24.1. The number of carbonyl (C=O) groups is 8. The molecule has 0 atom stereocenters. The first-order valence-electron chi connectivity index (χ1n) is 42.5. The van der Waals surface area contributed by atoms with Crippen molar-refractivity contribution in [2.24, 2.45) is 0 Å². The third kappa shape index (κ3) is 19.0. The molecule has 0 aliphatic carbocycles. The van der Waals surface area contributed by atoms with E-state index < -0.39 is 33.8 Å². The van der Waals surface area contributed by atoms with Crippen LogP contribution in [0.3, 0.4) is 0 Å². The van der Waals surface area contributed by atoms with Crippen LogP contribution in [0.15, 0.2) is 151 Å². The van der Waals surface area contributed by atoms with E-state index in [9.17, 15) is 47.1 Å². The molecule has 0 bridgehead atoms. The maximum Gasteiger partial charge on any atom is 0.290 e. The Morgan fingerprint density at radius 1 is 0.349 bits per heavy atom. The lowest BCUT2D eigenvalue weighted by Crippen LogP contribution is -2.63. The molecule has 8 aromatic heterocycles. The number of halogens is 6. The normalized spacial score (nSPS) is 16.6. The summed E-state index contributed by atoms with van der Waals surface area (Å²) in [6.07, 6.45) is 0. The summed E-state index contributed by atoms with van der Waals surface area (Å²) in [4.78, 5) is 134. The van der Waals surface area contributed by atoms with E-state index in [1.807, 2.05) is 114 Å². The van der Waals surface area contributed by atoms with Gasteiger partial charge >= 0.3 is 0 Å². The Morgan fingerprint density at radius 3 is 0.922 bits per heavy atom. The molecule has 16 rings (SSSR count). The fourth-order valence-electron chi connectivity index (χ4n) is 16.4. The SMILES string of the molecule is CC(C)(C)c1cc(-c2cccc(Cl)c2)nc2cc(C(=O)N3CCNC(=O)C3(C)C)oc12.CN1CCN(C(=O)c2cc3nc(-c4ccc(Cl)c(F)c4)cc(C(C)(C)C)c3o2)C(C)(C)C1=O.CN1CCN(C(=O)c2cc3nc(-c4ccc(F)c(Cl)c4)cc(C(C)(C)C)c3o2)C(C)(C)C1=O.CN1CCN(C(=O)c2cc3nc(-c4cccc(Cl)c4)cc(C(C)(C)C)c3o2)C(C)(C)C1=O. The lowest BCUT2D eigenvalue weighted by Gasteiger charge is -2.44.